The maximum absolute atomic E-state index is 13.3. The van der Waals surface area contributed by atoms with E-state index in [0.717, 1.165) is 21.3 Å². The van der Waals surface area contributed by atoms with Crippen molar-refractivity contribution in [2.24, 2.45) is 0 Å². The van der Waals surface area contributed by atoms with Crippen molar-refractivity contribution in [1.29, 1.82) is 0 Å². The van der Waals surface area contributed by atoms with E-state index in [1.807, 2.05) is 62.4 Å². The van der Waals surface area contributed by atoms with Gasteiger partial charge in [0.1, 0.15) is 11.5 Å². The summed E-state index contributed by atoms with van der Waals surface area (Å²) in [7, 11) is 1.57. The monoisotopic (exact) mass is 470 g/mol. The normalized spacial score (nSPS) is 17.5. The van der Waals surface area contributed by atoms with E-state index in [-0.39, 0.29) is 11.3 Å². The van der Waals surface area contributed by atoms with Crippen molar-refractivity contribution in [1.82, 2.24) is 4.98 Å². The minimum absolute atomic E-state index is 0.0382. The summed E-state index contributed by atoms with van der Waals surface area (Å²) >= 11 is 1.35. The molecule has 4 aromatic rings. The molecule has 1 aromatic heterocycles. The fourth-order valence-corrected chi connectivity index (χ4v) is 5.37. The quantitative estimate of drug-likeness (QED) is 0.240. The van der Waals surface area contributed by atoms with Gasteiger partial charge in [0.2, 0.25) is 0 Å². The van der Waals surface area contributed by atoms with Crippen LogP contribution in [0.1, 0.15) is 28.3 Å². The molecule has 2 heterocycles. The predicted octanol–water partition coefficient (Wildman–Crippen LogP) is 5.55. The average molecular weight is 471 g/mol. The van der Waals surface area contributed by atoms with Gasteiger partial charge in [-0.3, -0.25) is 14.5 Å². The first-order valence-corrected chi connectivity index (χ1v) is 11.6. The van der Waals surface area contributed by atoms with E-state index >= 15 is 0 Å². The van der Waals surface area contributed by atoms with Gasteiger partial charge in [0, 0.05) is 5.56 Å². The lowest BCUT2D eigenvalue weighted by Crippen LogP contribution is -2.29. The van der Waals surface area contributed by atoms with E-state index < -0.39 is 17.7 Å². The standard InChI is InChI=1S/C27H22N2O4S/c1-15-9-11-19-21(13-15)34-27(28-19)29-23(17-7-5-4-6-8-17)22(25(31)26(29)32)24(30)18-10-12-20(33-3)16(2)14-18/h4-14,23,30H,1-3H3/t23-/m1/s1. The van der Waals surface area contributed by atoms with E-state index in [4.69, 9.17) is 4.74 Å². The van der Waals surface area contributed by atoms with Gasteiger partial charge in [-0.15, -0.1) is 0 Å². The number of thiazole rings is 1. The number of Topliss-reactive ketones (excluding diaryl/α,β-unsaturated/α-hetero) is 1. The van der Waals surface area contributed by atoms with Crippen LogP contribution < -0.4 is 9.64 Å². The zero-order valence-electron chi connectivity index (χ0n) is 18.9. The van der Waals surface area contributed by atoms with E-state index in [0.29, 0.717) is 22.0 Å². The molecule has 1 saturated heterocycles. The van der Waals surface area contributed by atoms with E-state index in [1.165, 1.54) is 16.2 Å². The number of fused-ring (bicyclic) bond motifs is 1. The second kappa shape index (κ2) is 8.43. The Kier molecular flexibility index (Phi) is 5.42. The van der Waals surface area contributed by atoms with Crippen molar-refractivity contribution >= 4 is 44.1 Å². The molecule has 0 spiro atoms. The molecule has 1 fully saturated rings. The van der Waals surface area contributed by atoms with Gasteiger partial charge in [0.25, 0.3) is 5.78 Å². The Morgan fingerprint density at radius 1 is 1.03 bits per heavy atom. The number of anilines is 1. The van der Waals surface area contributed by atoms with Gasteiger partial charge in [-0.2, -0.15) is 0 Å². The molecule has 3 aromatic carbocycles. The van der Waals surface area contributed by atoms with Crippen molar-refractivity contribution in [3.63, 3.8) is 0 Å². The fraction of sp³-hybridized carbons (Fsp3) is 0.148. The minimum Gasteiger partial charge on any atom is -0.507 e. The number of hydrogen-bond donors (Lipinski definition) is 1. The summed E-state index contributed by atoms with van der Waals surface area (Å²) in [5.41, 5.74) is 3.83. The van der Waals surface area contributed by atoms with E-state index in [9.17, 15) is 14.7 Å². The average Bonchev–Trinajstić information content (AvgIpc) is 3.37. The van der Waals surface area contributed by atoms with E-state index in [2.05, 4.69) is 4.98 Å². The number of aryl methyl sites for hydroxylation is 2. The number of amides is 1. The zero-order valence-corrected chi connectivity index (χ0v) is 19.7. The SMILES string of the molecule is COc1ccc(C(O)=C2C(=O)C(=O)N(c3nc4ccc(C)cc4s3)[C@@H]2c2ccccc2)cc1C. The first kappa shape index (κ1) is 21.9. The lowest BCUT2D eigenvalue weighted by atomic mass is 9.95. The molecule has 34 heavy (non-hydrogen) atoms. The number of aromatic nitrogens is 1. The van der Waals surface area contributed by atoms with Crippen molar-refractivity contribution < 1.29 is 19.4 Å². The van der Waals surface area contributed by atoms with Gasteiger partial charge in [-0.05, 0) is 60.9 Å². The maximum Gasteiger partial charge on any atom is 0.301 e. The number of ether oxygens (including phenoxy) is 1. The highest BCUT2D eigenvalue weighted by Gasteiger charge is 2.48. The number of hydrogen-bond acceptors (Lipinski definition) is 6. The van der Waals surface area contributed by atoms with Crippen LogP contribution in [0.5, 0.6) is 5.75 Å². The van der Waals surface area contributed by atoms with Crippen LogP contribution in [-0.2, 0) is 9.59 Å². The second-order valence-electron chi connectivity index (χ2n) is 8.23. The Morgan fingerprint density at radius 2 is 1.79 bits per heavy atom. The van der Waals surface area contributed by atoms with Crippen molar-refractivity contribution in [3.8, 4) is 5.75 Å². The molecule has 1 atom stereocenters. The summed E-state index contributed by atoms with van der Waals surface area (Å²) in [5.74, 6) is -1.01. The van der Waals surface area contributed by atoms with Gasteiger partial charge < -0.3 is 9.84 Å². The second-order valence-corrected chi connectivity index (χ2v) is 9.24. The molecule has 0 saturated carbocycles. The Labute approximate surface area is 200 Å². The number of nitrogens with zero attached hydrogens (tertiary/aromatic N) is 2. The summed E-state index contributed by atoms with van der Waals surface area (Å²) in [6.07, 6.45) is 0. The molecule has 7 heteroatoms. The molecule has 0 unspecified atom stereocenters. The van der Waals surface area contributed by atoms with Gasteiger partial charge >= 0.3 is 5.91 Å². The van der Waals surface area contributed by atoms with E-state index in [1.54, 1.807) is 25.3 Å². The first-order valence-electron chi connectivity index (χ1n) is 10.8. The first-order chi connectivity index (χ1) is 16.4. The molecule has 1 amide bonds. The lowest BCUT2D eigenvalue weighted by Gasteiger charge is -2.23. The van der Waals surface area contributed by atoms with Gasteiger partial charge in [0.05, 0.1) is 28.9 Å². The van der Waals surface area contributed by atoms with Crippen molar-refractivity contribution in [2.75, 3.05) is 12.0 Å². The number of ketones is 1. The number of benzene rings is 3. The Bertz CT molecular complexity index is 1470. The summed E-state index contributed by atoms with van der Waals surface area (Å²) in [6, 6.07) is 19.4. The molecule has 0 aliphatic carbocycles. The molecule has 1 aliphatic rings. The van der Waals surface area contributed by atoms with Crippen LogP contribution in [0.3, 0.4) is 0 Å². The van der Waals surface area contributed by atoms with Crippen LogP contribution in [0.4, 0.5) is 5.13 Å². The molecule has 1 N–H and O–H groups in total. The third-order valence-corrected chi connectivity index (χ3v) is 6.98. The molecule has 0 bridgehead atoms. The Balaban J connectivity index is 1.71. The third-order valence-electron chi connectivity index (χ3n) is 5.97. The summed E-state index contributed by atoms with van der Waals surface area (Å²) in [5, 5.41) is 11.7. The summed E-state index contributed by atoms with van der Waals surface area (Å²) < 4.78 is 6.24. The number of carbonyl (C=O) groups is 2. The van der Waals surface area contributed by atoms with Crippen LogP contribution in [0, 0.1) is 13.8 Å². The number of methoxy groups -OCH3 is 1. The molecular formula is C27H22N2O4S. The highest BCUT2D eigenvalue weighted by Crippen LogP contribution is 2.44. The number of carbonyl (C=O) groups excluding carboxylic acids is 2. The molecule has 170 valence electrons. The lowest BCUT2D eigenvalue weighted by molar-refractivity contribution is -0.132. The topological polar surface area (TPSA) is 79.7 Å². The predicted molar refractivity (Wildman–Crippen MR) is 133 cm³/mol. The molecule has 5 rings (SSSR count). The molecular weight excluding hydrogens is 448 g/mol. The Hall–Kier alpha value is -3.97. The minimum atomic E-state index is -0.801. The molecule has 0 radical (unpaired) electrons. The Morgan fingerprint density at radius 3 is 2.50 bits per heavy atom. The molecule has 6 nitrogen and oxygen atoms in total. The number of rotatable bonds is 4. The van der Waals surface area contributed by atoms with Crippen molar-refractivity contribution in [3.05, 3.63) is 94.6 Å². The van der Waals surface area contributed by atoms with Crippen LogP contribution in [-0.4, -0.2) is 28.9 Å². The van der Waals surface area contributed by atoms with Crippen LogP contribution in [0.25, 0.3) is 16.0 Å². The summed E-state index contributed by atoms with van der Waals surface area (Å²) in [4.78, 5) is 32.7. The van der Waals surface area contributed by atoms with Crippen LogP contribution >= 0.6 is 11.3 Å². The van der Waals surface area contributed by atoms with Gasteiger partial charge in [-0.1, -0.05) is 47.7 Å². The van der Waals surface area contributed by atoms with Crippen LogP contribution in [0.2, 0.25) is 0 Å². The third kappa shape index (κ3) is 3.54. The van der Waals surface area contributed by atoms with Crippen LogP contribution in [0.15, 0.2) is 72.3 Å². The number of aliphatic hydroxyl groups excluding tert-OH is 1. The van der Waals surface area contributed by atoms with Gasteiger partial charge in [0.15, 0.2) is 5.13 Å². The highest BCUT2D eigenvalue weighted by atomic mass is 32.1. The highest BCUT2D eigenvalue weighted by molar-refractivity contribution is 7.22. The van der Waals surface area contributed by atoms with Gasteiger partial charge in [-0.25, -0.2) is 4.98 Å². The zero-order chi connectivity index (χ0) is 24.0. The smallest absolute Gasteiger partial charge is 0.301 e. The largest absolute Gasteiger partial charge is 0.507 e. The molecule has 1 aliphatic heterocycles. The fourth-order valence-electron chi connectivity index (χ4n) is 4.28. The summed E-state index contributed by atoms with van der Waals surface area (Å²) in [6.45, 7) is 3.85. The maximum atomic E-state index is 13.3. The van der Waals surface area contributed by atoms with Crippen molar-refractivity contribution in [2.45, 2.75) is 19.9 Å². The number of aliphatic hydroxyl groups is 1.